The molecule has 0 aromatic heterocycles. The van der Waals surface area contributed by atoms with Gasteiger partial charge in [0, 0.05) is 19.2 Å². The molecule has 0 radical (unpaired) electrons. The van der Waals surface area contributed by atoms with Crippen molar-refractivity contribution in [2.24, 2.45) is 0 Å². The van der Waals surface area contributed by atoms with E-state index in [1.165, 1.54) is 0 Å². The molecule has 3 heteroatoms. The van der Waals surface area contributed by atoms with Crippen LogP contribution in [0.4, 0.5) is 0 Å². The maximum Gasteiger partial charge on any atom is 0.253 e. The zero-order valence-electron chi connectivity index (χ0n) is 11.1. The molecule has 0 heterocycles. The van der Waals surface area contributed by atoms with E-state index in [1.54, 1.807) is 24.1 Å². The van der Waals surface area contributed by atoms with E-state index < -0.39 is 0 Å². The average molecular weight is 255 g/mol. The number of amides is 1. The van der Waals surface area contributed by atoms with Gasteiger partial charge in [0.1, 0.15) is 5.75 Å². The van der Waals surface area contributed by atoms with Gasteiger partial charge in [-0.05, 0) is 36.8 Å². The van der Waals surface area contributed by atoms with Crippen molar-refractivity contribution in [2.45, 2.75) is 13.5 Å². The minimum atomic E-state index is -0.00299. The predicted molar refractivity (Wildman–Crippen MR) is 75.1 cm³/mol. The van der Waals surface area contributed by atoms with Gasteiger partial charge in [0.05, 0.1) is 0 Å². The Kier molecular flexibility index (Phi) is 3.85. The zero-order valence-corrected chi connectivity index (χ0v) is 11.1. The van der Waals surface area contributed by atoms with Crippen LogP contribution in [-0.2, 0) is 6.54 Å². The third kappa shape index (κ3) is 3.35. The summed E-state index contributed by atoms with van der Waals surface area (Å²) in [7, 11) is 1.78. The quantitative estimate of drug-likeness (QED) is 0.916. The zero-order chi connectivity index (χ0) is 13.8. The van der Waals surface area contributed by atoms with E-state index in [1.807, 2.05) is 43.3 Å². The van der Waals surface area contributed by atoms with Crippen LogP contribution in [0, 0.1) is 6.92 Å². The summed E-state index contributed by atoms with van der Waals surface area (Å²) in [5, 5.41) is 9.23. The fourth-order valence-corrected chi connectivity index (χ4v) is 1.95. The first kappa shape index (κ1) is 13.1. The highest BCUT2D eigenvalue weighted by Crippen LogP contribution is 2.13. The normalized spacial score (nSPS) is 10.2. The Morgan fingerprint density at radius 2 is 1.84 bits per heavy atom. The summed E-state index contributed by atoms with van der Waals surface area (Å²) in [5.74, 6) is 0.230. The van der Waals surface area contributed by atoms with Gasteiger partial charge in [0.25, 0.3) is 5.91 Å². The van der Waals surface area contributed by atoms with Crippen LogP contribution >= 0.6 is 0 Å². The maximum absolute atomic E-state index is 12.2. The van der Waals surface area contributed by atoms with Crippen molar-refractivity contribution < 1.29 is 9.90 Å². The fourth-order valence-electron chi connectivity index (χ4n) is 1.95. The van der Waals surface area contributed by atoms with E-state index in [2.05, 4.69) is 0 Å². The fraction of sp³-hybridized carbons (Fsp3) is 0.188. The molecule has 0 unspecified atom stereocenters. The molecular weight excluding hydrogens is 238 g/mol. The van der Waals surface area contributed by atoms with Gasteiger partial charge < -0.3 is 10.0 Å². The van der Waals surface area contributed by atoms with Crippen LogP contribution < -0.4 is 0 Å². The molecule has 3 nitrogen and oxygen atoms in total. The SMILES string of the molecule is Cc1cccc(C(=O)N(C)Cc2ccc(O)cc2)c1. The van der Waals surface area contributed by atoms with Crippen LogP contribution in [0.25, 0.3) is 0 Å². The molecule has 19 heavy (non-hydrogen) atoms. The minimum absolute atomic E-state index is 0.00299. The number of aryl methyl sites for hydroxylation is 1. The van der Waals surface area contributed by atoms with E-state index in [4.69, 9.17) is 0 Å². The van der Waals surface area contributed by atoms with E-state index in [0.717, 1.165) is 11.1 Å². The number of rotatable bonds is 3. The van der Waals surface area contributed by atoms with Crippen LogP contribution in [0.5, 0.6) is 5.75 Å². The molecule has 0 atom stereocenters. The number of aromatic hydroxyl groups is 1. The summed E-state index contributed by atoms with van der Waals surface area (Å²) in [4.78, 5) is 13.9. The Bertz CT molecular complexity index is 576. The van der Waals surface area contributed by atoms with Crippen molar-refractivity contribution in [3.8, 4) is 5.75 Å². The summed E-state index contributed by atoms with van der Waals surface area (Å²) < 4.78 is 0. The summed E-state index contributed by atoms with van der Waals surface area (Å²) in [5.41, 5.74) is 2.76. The highest BCUT2D eigenvalue weighted by Gasteiger charge is 2.11. The smallest absolute Gasteiger partial charge is 0.253 e. The second kappa shape index (κ2) is 5.57. The largest absolute Gasteiger partial charge is 0.508 e. The third-order valence-corrected chi connectivity index (χ3v) is 2.97. The number of carbonyl (C=O) groups is 1. The van der Waals surface area contributed by atoms with Gasteiger partial charge in [-0.25, -0.2) is 0 Å². The van der Waals surface area contributed by atoms with Crippen molar-refractivity contribution in [1.82, 2.24) is 4.90 Å². The lowest BCUT2D eigenvalue weighted by Crippen LogP contribution is -2.26. The van der Waals surface area contributed by atoms with Gasteiger partial charge in [-0.1, -0.05) is 29.8 Å². The minimum Gasteiger partial charge on any atom is -0.508 e. The average Bonchev–Trinajstić information content (AvgIpc) is 2.40. The molecule has 98 valence electrons. The van der Waals surface area contributed by atoms with Crippen LogP contribution in [0.2, 0.25) is 0 Å². The third-order valence-electron chi connectivity index (χ3n) is 2.97. The van der Waals surface area contributed by atoms with E-state index in [9.17, 15) is 9.90 Å². The van der Waals surface area contributed by atoms with Gasteiger partial charge in [0.15, 0.2) is 0 Å². The molecule has 0 aliphatic carbocycles. The molecule has 0 bridgehead atoms. The van der Waals surface area contributed by atoms with Crippen LogP contribution in [0.1, 0.15) is 21.5 Å². The first-order valence-electron chi connectivity index (χ1n) is 6.16. The Labute approximate surface area is 113 Å². The number of carbonyl (C=O) groups excluding carboxylic acids is 1. The standard InChI is InChI=1S/C16H17NO2/c1-12-4-3-5-14(10-12)16(19)17(2)11-13-6-8-15(18)9-7-13/h3-10,18H,11H2,1-2H3. The lowest BCUT2D eigenvalue weighted by molar-refractivity contribution is 0.0785. The number of phenolic OH excluding ortho intramolecular Hbond substituents is 1. The number of phenols is 1. The lowest BCUT2D eigenvalue weighted by atomic mass is 10.1. The van der Waals surface area contributed by atoms with Crippen molar-refractivity contribution >= 4 is 5.91 Å². The first-order chi connectivity index (χ1) is 9.06. The van der Waals surface area contributed by atoms with Crippen molar-refractivity contribution in [2.75, 3.05) is 7.05 Å². The van der Waals surface area contributed by atoms with Gasteiger partial charge in [-0.15, -0.1) is 0 Å². The molecule has 0 aliphatic heterocycles. The Hall–Kier alpha value is -2.29. The molecule has 2 aromatic carbocycles. The monoisotopic (exact) mass is 255 g/mol. The molecule has 0 saturated carbocycles. The maximum atomic E-state index is 12.2. The topological polar surface area (TPSA) is 40.5 Å². The number of nitrogens with zero attached hydrogens (tertiary/aromatic N) is 1. The summed E-state index contributed by atoms with van der Waals surface area (Å²) >= 11 is 0. The first-order valence-corrected chi connectivity index (χ1v) is 6.16. The highest BCUT2D eigenvalue weighted by atomic mass is 16.3. The molecule has 2 rings (SSSR count). The molecule has 0 aliphatic rings. The lowest BCUT2D eigenvalue weighted by Gasteiger charge is -2.17. The summed E-state index contributed by atoms with van der Waals surface area (Å²) in [6, 6.07) is 14.4. The van der Waals surface area contributed by atoms with E-state index >= 15 is 0 Å². The van der Waals surface area contributed by atoms with E-state index in [-0.39, 0.29) is 11.7 Å². The molecule has 1 amide bonds. The molecule has 1 N–H and O–H groups in total. The molecule has 0 saturated heterocycles. The van der Waals surface area contributed by atoms with E-state index in [0.29, 0.717) is 12.1 Å². The van der Waals surface area contributed by atoms with Gasteiger partial charge >= 0.3 is 0 Å². The molecule has 2 aromatic rings. The molecule has 0 spiro atoms. The van der Waals surface area contributed by atoms with Crippen LogP contribution in [0.3, 0.4) is 0 Å². The van der Waals surface area contributed by atoms with Crippen molar-refractivity contribution in [1.29, 1.82) is 0 Å². The van der Waals surface area contributed by atoms with Gasteiger partial charge in [0.2, 0.25) is 0 Å². The van der Waals surface area contributed by atoms with Crippen LogP contribution in [0.15, 0.2) is 48.5 Å². The number of hydrogen-bond donors (Lipinski definition) is 1. The predicted octanol–water partition coefficient (Wildman–Crippen LogP) is 2.97. The molecule has 0 fully saturated rings. The summed E-state index contributed by atoms with van der Waals surface area (Å²) in [6.45, 7) is 2.49. The number of hydrogen-bond acceptors (Lipinski definition) is 2. The van der Waals surface area contributed by atoms with Crippen LogP contribution in [-0.4, -0.2) is 23.0 Å². The van der Waals surface area contributed by atoms with Gasteiger partial charge in [-0.3, -0.25) is 4.79 Å². The Morgan fingerprint density at radius 1 is 1.16 bits per heavy atom. The second-order valence-electron chi connectivity index (χ2n) is 4.70. The Balaban J connectivity index is 2.09. The molecular formula is C16H17NO2. The van der Waals surface area contributed by atoms with Crippen molar-refractivity contribution in [3.63, 3.8) is 0 Å². The highest BCUT2D eigenvalue weighted by molar-refractivity contribution is 5.94. The Morgan fingerprint density at radius 3 is 2.47 bits per heavy atom. The van der Waals surface area contributed by atoms with Crippen molar-refractivity contribution in [3.05, 3.63) is 65.2 Å². The summed E-state index contributed by atoms with van der Waals surface area (Å²) in [6.07, 6.45) is 0. The van der Waals surface area contributed by atoms with Gasteiger partial charge in [-0.2, -0.15) is 0 Å². The second-order valence-corrected chi connectivity index (χ2v) is 4.70. The number of benzene rings is 2.